The lowest BCUT2D eigenvalue weighted by atomic mass is 10.0. The van der Waals surface area contributed by atoms with E-state index in [0.29, 0.717) is 6.54 Å². The average Bonchev–Trinajstić information content (AvgIpc) is 2.39. The van der Waals surface area contributed by atoms with Crippen molar-refractivity contribution in [2.24, 2.45) is 5.73 Å². The highest BCUT2D eigenvalue weighted by atomic mass is 35.5. The summed E-state index contributed by atoms with van der Waals surface area (Å²) in [5, 5.41) is 0.780. The Hall–Kier alpha value is -1.51. The van der Waals surface area contributed by atoms with E-state index in [-0.39, 0.29) is 0 Å². The zero-order chi connectivity index (χ0) is 14.5. The first kappa shape index (κ1) is 14.9. The fourth-order valence-electron chi connectivity index (χ4n) is 2.44. The number of nitrogens with zero attached hydrogens (tertiary/aromatic N) is 1. The Balaban J connectivity index is 2.22. The second-order valence-corrected chi connectivity index (χ2v) is 5.59. The first-order valence-electron chi connectivity index (χ1n) is 6.85. The van der Waals surface area contributed by atoms with E-state index in [1.54, 1.807) is 0 Å². The van der Waals surface area contributed by atoms with Crippen molar-refractivity contribution in [2.45, 2.75) is 19.9 Å². The number of aryl methyl sites for hydroxylation is 1. The van der Waals surface area contributed by atoms with E-state index < -0.39 is 0 Å². The molecule has 2 rings (SSSR count). The Morgan fingerprint density at radius 2 is 1.95 bits per heavy atom. The Bertz CT molecular complexity index is 581. The molecule has 20 heavy (non-hydrogen) atoms. The SMILES string of the molecule is Cc1ccc(N(C)Cc2cccc(Cl)c2)c(CCN)c1. The van der Waals surface area contributed by atoms with Gasteiger partial charge < -0.3 is 10.6 Å². The van der Waals surface area contributed by atoms with Crippen LogP contribution in [0.15, 0.2) is 42.5 Å². The molecule has 3 heteroatoms. The van der Waals surface area contributed by atoms with Crippen molar-refractivity contribution in [2.75, 3.05) is 18.5 Å². The molecule has 0 fully saturated rings. The zero-order valence-electron chi connectivity index (χ0n) is 12.1. The van der Waals surface area contributed by atoms with Gasteiger partial charge in [0.25, 0.3) is 0 Å². The molecule has 106 valence electrons. The molecule has 2 aromatic rings. The van der Waals surface area contributed by atoms with Gasteiger partial charge in [-0.1, -0.05) is 41.4 Å². The number of halogens is 1. The molecule has 0 aliphatic carbocycles. The van der Waals surface area contributed by atoms with Gasteiger partial charge in [0.15, 0.2) is 0 Å². The van der Waals surface area contributed by atoms with Crippen LogP contribution in [0.25, 0.3) is 0 Å². The number of nitrogens with two attached hydrogens (primary N) is 1. The van der Waals surface area contributed by atoms with Crippen LogP contribution in [0.1, 0.15) is 16.7 Å². The highest BCUT2D eigenvalue weighted by Gasteiger charge is 2.08. The Kier molecular flexibility index (Phi) is 5.05. The molecule has 0 heterocycles. The minimum atomic E-state index is 0.668. The fourth-order valence-corrected chi connectivity index (χ4v) is 2.65. The number of anilines is 1. The van der Waals surface area contributed by atoms with Gasteiger partial charge in [-0.05, 0) is 49.2 Å². The van der Waals surface area contributed by atoms with Crippen molar-refractivity contribution in [1.82, 2.24) is 0 Å². The number of rotatable bonds is 5. The van der Waals surface area contributed by atoms with E-state index in [9.17, 15) is 0 Å². The summed E-state index contributed by atoms with van der Waals surface area (Å²) in [5.74, 6) is 0. The summed E-state index contributed by atoms with van der Waals surface area (Å²) < 4.78 is 0. The molecule has 0 bridgehead atoms. The number of benzene rings is 2. The van der Waals surface area contributed by atoms with Gasteiger partial charge in [0.1, 0.15) is 0 Å². The van der Waals surface area contributed by atoms with Gasteiger partial charge in [0, 0.05) is 24.3 Å². The Labute approximate surface area is 126 Å². The van der Waals surface area contributed by atoms with Crippen LogP contribution >= 0.6 is 11.6 Å². The third-order valence-electron chi connectivity index (χ3n) is 3.37. The van der Waals surface area contributed by atoms with E-state index in [1.165, 1.54) is 22.4 Å². The molecule has 0 aliphatic heterocycles. The molecule has 0 saturated carbocycles. The number of hydrogen-bond donors (Lipinski definition) is 1. The van der Waals surface area contributed by atoms with Gasteiger partial charge in [-0.2, -0.15) is 0 Å². The third-order valence-corrected chi connectivity index (χ3v) is 3.60. The first-order chi connectivity index (χ1) is 9.60. The van der Waals surface area contributed by atoms with Crippen LogP contribution in [0.4, 0.5) is 5.69 Å². The summed E-state index contributed by atoms with van der Waals surface area (Å²) in [4.78, 5) is 2.25. The molecule has 2 nitrogen and oxygen atoms in total. The molecule has 0 amide bonds. The van der Waals surface area contributed by atoms with Crippen LogP contribution in [0, 0.1) is 6.92 Å². The smallest absolute Gasteiger partial charge is 0.0426 e. The maximum atomic E-state index is 6.04. The summed E-state index contributed by atoms with van der Waals surface area (Å²) >= 11 is 6.04. The van der Waals surface area contributed by atoms with Crippen LogP contribution in [-0.4, -0.2) is 13.6 Å². The molecular weight excluding hydrogens is 268 g/mol. The maximum Gasteiger partial charge on any atom is 0.0426 e. The zero-order valence-corrected chi connectivity index (χ0v) is 12.8. The van der Waals surface area contributed by atoms with E-state index in [0.717, 1.165) is 18.0 Å². The number of hydrogen-bond acceptors (Lipinski definition) is 2. The van der Waals surface area contributed by atoms with E-state index in [2.05, 4.69) is 43.1 Å². The predicted octanol–water partition coefficient (Wildman–Crippen LogP) is 3.79. The molecule has 0 aliphatic rings. The van der Waals surface area contributed by atoms with Crippen LogP contribution in [-0.2, 0) is 13.0 Å². The van der Waals surface area contributed by atoms with Gasteiger partial charge in [0.2, 0.25) is 0 Å². The lowest BCUT2D eigenvalue weighted by Gasteiger charge is -2.23. The van der Waals surface area contributed by atoms with Crippen molar-refractivity contribution in [3.05, 3.63) is 64.2 Å². The van der Waals surface area contributed by atoms with E-state index in [1.807, 2.05) is 18.2 Å². The second-order valence-electron chi connectivity index (χ2n) is 5.16. The summed E-state index contributed by atoms with van der Waals surface area (Å²) in [5.41, 5.74) is 10.7. The largest absolute Gasteiger partial charge is 0.370 e. The van der Waals surface area contributed by atoms with Crippen molar-refractivity contribution in [3.63, 3.8) is 0 Å². The van der Waals surface area contributed by atoms with Crippen molar-refractivity contribution >= 4 is 17.3 Å². The van der Waals surface area contributed by atoms with Crippen molar-refractivity contribution in [1.29, 1.82) is 0 Å². The van der Waals surface area contributed by atoms with Crippen molar-refractivity contribution < 1.29 is 0 Å². The van der Waals surface area contributed by atoms with Gasteiger partial charge >= 0.3 is 0 Å². The lowest BCUT2D eigenvalue weighted by molar-refractivity contribution is 0.891. The molecule has 0 unspecified atom stereocenters. The minimum Gasteiger partial charge on any atom is -0.370 e. The van der Waals surface area contributed by atoms with E-state index in [4.69, 9.17) is 17.3 Å². The predicted molar refractivity (Wildman–Crippen MR) is 87.5 cm³/mol. The molecular formula is C17H21ClN2. The van der Waals surface area contributed by atoms with Crippen LogP contribution in [0.2, 0.25) is 5.02 Å². The molecule has 2 N–H and O–H groups in total. The third kappa shape index (κ3) is 3.75. The average molecular weight is 289 g/mol. The van der Waals surface area contributed by atoms with Gasteiger partial charge in [0.05, 0.1) is 0 Å². The topological polar surface area (TPSA) is 29.3 Å². The van der Waals surface area contributed by atoms with Crippen molar-refractivity contribution in [3.8, 4) is 0 Å². The maximum absolute atomic E-state index is 6.04. The second kappa shape index (κ2) is 6.78. The molecule has 0 spiro atoms. The van der Waals surface area contributed by atoms with Gasteiger partial charge in [-0.25, -0.2) is 0 Å². The molecule has 0 atom stereocenters. The van der Waals surface area contributed by atoms with Gasteiger partial charge in [-0.3, -0.25) is 0 Å². The van der Waals surface area contributed by atoms with E-state index >= 15 is 0 Å². The summed E-state index contributed by atoms with van der Waals surface area (Å²) in [7, 11) is 2.10. The molecule has 0 radical (unpaired) electrons. The highest BCUT2D eigenvalue weighted by molar-refractivity contribution is 6.30. The quantitative estimate of drug-likeness (QED) is 0.907. The first-order valence-corrected chi connectivity index (χ1v) is 7.23. The lowest BCUT2D eigenvalue weighted by Crippen LogP contribution is -2.19. The van der Waals surface area contributed by atoms with Crippen LogP contribution in [0.5, 0.6) is 0 Å². The fraction of sp³-hybridized carbons (Fsp3) is 0.294. The van der Waals surface area contributed by atoms with Gasteiger partial charge in [-0.15, -0.1) is 0 Å². The summed E-state index contributed by atoms with van der Waals surface area (Å²) in [6.07, 6.45) is 0.900. The normalized spacial score (nSPS) is 10.6. The summed E-state index contributed by atoms with van der Waals surface area (Å²) in [6, 6.07) is 14.5. The van der Waals surface area contributed by atoms with Crippen LogP contribution in [0.3, 0.4) is 0 Å². The monoisotopic (exact) mass is 288 g/mol. The molecule has 0 aromatic heterocycles. The highest BCUT2D eigenvalue weighted by Crippen LogP contribution is 2.23. The Morgan fingerprint density at radius 3 is 2.65 bits per heavy atom. The molecule has 2 aromatic carbocycles. The molecule has 0 saturated heterocycles. The Morgan fingerprint density at radius 1 is 1.15 bits per heavy atom. The standard InChI is InChI=1S/C17H21ClN2/c1-13-6-7-17(15(10-13)8-9-19)20(2)12-14-4-3-5-16(18)11-14/h3-7,10-11H,8-9,12,19H2,1-2H3. The minimum absolute atomic E-state index is 0.668. The van der Waals surface area contributed by atoms with Crippen LogP contribution < -0.4 is 10.6 Å². The summed E-state index contributed by atoms with van der Waals surface area (Å²) in [6.45, 7) is 3.61.